The number of rotatable bonds is 6. The molecule has 5 nitrogen and oxygen atoms in total. The Morgan fingerprint density at radius 3 is 2.54 bits per heavy atom. The summed E-state index contributed by atoms with van der Waals surface area (Å²) in [6, 6.07) is 6.25. The largest absolute Gasteiger partial charge is 0.481 e. The first-order valence-corrected chi connectivity index (χ1v) is 9.38. The van der Waals surface area contributed by atoms with Gasteiger partial charge in [-0.25, -0.2) is 4.39 Å². The molecular weight excluding hydrogens is 335 g/mol. The molecule has 142 valence electrons. The molecule has 1 aliphatic heterocycles. The minimum Gasteiger partial charge on any atom is -0.481 e. The molecule has 0 bridgehead atoms. The van der Waals surface area contributed by atoms with E-state index in [4.69, 9.17) is 0 Å². The molecule has 1 saturated heterocycles. The van der Waals surface area contributed by atoms with Crippen molar-refractivity contribution in [2.75, 3.05) is 19.6 Å². The molecule has 2 fully saturated rings. The van der Waals surface area contributed by atoms with Crippen LogP contribution in [0, 0.1) is 17.2 Å². The van der Waals surface area contributed by atoms with Crippen LogP contribution >= 0.6 is 0 Å². The van der Waals surface area contributed by atoms with Crippen LogP contribution in [0.4, 0.5) is 4.39 Å². The molecule has 1 heterocycles. The number of amides is 1. The molecule has 6 heteroatoms. The normalized spacial score (nSPS) is 25.3. The molecule has 0 radical (unpaired) electrons. The Morgan fingerprint density at radius 1 is 1.31 bits per heavy atom. The molecule has 1 aromatic rings. The zero-order valence-corrected chi connectivity index (χ0v) is 15.2. The van der Waals surface area contributed by atoms with Crippen LogP contribution in [0.1, 0.15) is 50.6 Å². The lowest BCUT2D eigenvalue weighted by molar-refractivity contribution is -0.147. The van der Waals surface area contributed by atoms with Gasteiger partial charge in [-0.1, -0.05) is 25.0 Å². The van der Waals surface area contributed by atoms with Crippen molar-refractivity contribution in [1.82, 2.24) is 10.2 Å². The Kier molecular flexibility index (Phi) is 5.61. The van der Waals surface area contributed by atoms with Crippen LogP contribution in [0.3, 0.4) is 0 Å². The fourth-order valence-electron chi connectivity index (χ4n) is 4.22. The second kappa shape index (κ2) is 7.74. The number of carbonyl (C=O) groups is 2. The third-order valence-corrected chi connectivity index (χ3v) is 5.85. The van der Waals surface area contributed by atoms with E-state index >= 15 is 0 Å². The van der Waals surface area contributed by atoms with Gasteiger partial charge in [0, 0.05) is 6.54 Å². The van der Waals surface area contributed by atoms with E-state index in [-0.39, 0.29) is 24.3 Å². The fraction of sp³-hybridized carbons (Fsp3) is 0.600. The number of carboxylic acids is 1. The van der Waals surface area contributed by atoms with Gasteiger partial charge in [0.1, 0.15) is 5.82 Å². The first-order chi connectivity index (χ1) is 12.4. The number of halogens is 1. The number of likely N-dealkylation sites (tertiary alicyclic amines) is 1. The van der Waals surface area contributed by atoms with Gasteiger partial charge in [-0.2, -0.15) is 0 Å². The summed E-state index contributed by atoms with van der Waals surface area (Å²) < 4.78 is 13.3. The van der Waals surface area contributed by atoms with Crippen LogP contribution in [0.5, 0.6) is 0 Å². The number of aliphatic carboxylic acids is 1. The van der Waals surface area contributed by atoms with E-state index in [9.17, 15) is 19.1 Å². The number of hydrogen-bond donors (Lipinski definition) is 2. The van der Waals surface area contributed by atoms with E-state index in [2.05, 4.69) is 5.32 Å². The number of nitrogens with zero attached hydrogens (tertiary/aromatic N) is 1. The van der Waals surface area contributed by atoms with Crippen molar-refractivity contribution in [2.24, 2.45) is 11.3 Å². The lowest BCUT2D eigenvalue weighted by atomic mass is 9.90. The number of nitrogens with one attached hydrogen (secondary N) is 1. The SMILES string of the molecule is CC1(C(=O)O)CCN(CC(=O)NC(c2ccc(F)cc2)C2CCCC2)C1. The summed E-state index contributed by atoms with van der Waals surface area (Å²) in [5.74, 6) is -0.820. The second-order valence-corrected chi connectivity index (χ2v) is 7.97. The number of carbonyl (C=O) groups excluding carboxylic acids is 1. The monoisotopic (exact) mass is 362 g/mol. The van der Waals surface area contributed by atoms with Crippen LogP contribution in [0.15, 0.2) is 24.3 Å². The highest BCUT2D eigenvalue weighted by Gasteiger charge is 2.41. The molecule has 1 aliphatic carbocycles. The lowest BCUT2D eigenvalue weighted by Gasteiger charge is -2.27. The maximum atomic E-state index is 13.3. The summed E-state index contributed by atoms with van der Waals surface area (Å²) in [6.45, 7) is 2.93. The number of hydrogen-bond acceptors (Lipinski definition) is 3. The van der Waals surface area contributed by atoms with Crippen molar-refractivity contribution in [3.8, 4) is 0 Å². The Morgan fingerprint density at radius 2 is 1.96 bits per heavy atom. The van der Waals surface area contributed by atoms with Gasteiger partial charge in [0.15, 0.2) is 0 Å². The third kappa shape index (κ3) is 4.23. The molecule has 26 heavy (non-hydrogen) atoms. The van der Waals surface area contributed by atoms with Gasteiger partial charge < -0.3 is 10.4 Å². The van der Waals surface area contributed by atoms with Gasteiger partial charge in [0.05, 0.1) is 18.0 Å². The summed E-state index contributed by atoms with van der Waals surface area (Å²) in [4.78, 5) is 25.9. The van der Waals surface area contributed by atoms with Gasteiger partial charge >= 0.3 is 5.97 Å². The fourth-order valence-corrected chi connectivity index (χ4v) is 4.22. The summed E-state index contributed by atoms with van der Waals surface area (Å²) >= 11 is 0. The van der Waals surface area contributed by atoms with E-state index in [0.717, 1.165) is 31.2 Å². The maximum Gasteiger partial charge on any atom is 0.310 e. The van der Waals surface area contributed by atoms with E-state index in [1.165, 1.54) is 12.1 Å². The highest BCUT2D eigenvalue weighted by atomic mass is 19.1. The predicted octanol–water partition coefficient (Wildman–Crippen LogP) is 2.97. The lowest BCUT2D eigenvalue weighted by Crippen LogP contribution is -2.41. The highest BCUT2D eigenvalue weighted by Crippen LogP contribution is 2.36. The summed E-state index contributed by atoms with van der Waals surface area (Å²) in [5.41, 5.74) is 0.158. The average molecular weight is 362 g/mol. The van der Waals surface area contributed by atoms with Gasteiger partial charge in [0.25, 0.3) is 0 Å². The third-order valence-electron chi connectivity index (χ3n) is 5.85. The molecule has 2 aliphatic rings. The molecule has 3 rings (SSSR count). The Labute approximate surface area is 153 Å². The number of carboxylic acid groups (broad SMARTS) is 1. The molecule has 2 N–H and O–H groups in total. The minimum absolute atomic E-state index is 0.0964. The molecular formula is C20H27FN2O3. The van der Waals surface area contributed by atoms with Crippen LogP contribution in [0.25, 0.3) is 0 Å². The molecule has 1 saturated carbocycles. The van der Waals surface area contributed by atoms with Crippen molar-refractivity contribution < 1.29 is 19.1 Å². The standard InChI is InChI=1S/C20H27FN2O3/c1-20(19(25)26)10-11-23(13-20)12-17(24)22-18(14-4-2-3-5-14)15-6-8-16(21)9-7-15/h6-9,14,18H,2-5,10-13H2,1H3,(H,22,24)(H,25,26). The van der Waals surface area contributed by atoms with Gasteiger partial charge in [0.2, 0.25) is 5.91 Å². The zero-order valence-electron chi connectivity index (χ0n) is 15.2. The summed E-state index contributed by atoms with van der Waals surface area (Å²) in [6.07, 6.45) is 4.98. The zero-order chi connectivity index (χ0) is 18.7. The van der Waals surface area contributed by atoms with Crippen LogP contribution in [0.2, 0.25) is 0 Å². The minimum atomic E-state index is -0.810. The Hall–Kier alpha value is -1.95. The Balaban J connectivity index is 1.64. The van der Waals surface area contributed by atoms with E-state index in [1.54, 1.807) is 19.1 Å². The topological polar surface area (TPSA) is 69.6 Å². The number of benzene rings is 1. The van der Waals surface area contributed by atoms with Crippen molar-refractivity contribution in [3.05, 3.63) is 35.6 Å². The van der Waals surface area contributed by atoms with Crippen LogP contribution in [-0.2, 0) is 9.59 Å². The second-order valence-electron chi connectivity index (χ2n) is 7.97. The predicted molar refractivity (Wildman–Crippen MR) is 96.0 cm³/mol. The van der Waals surface area contributed by atoms with E-state index < -0.39 is 11.4 Å². The molecule has 2 atom stereocenters. The van der Waals surface area contributed by atoms with Gasteiger partial charge in [-0.05, 0) is 56.3 Å². The molecule has 0 aromatic heterocycles. The quantitative estimate of drug-likeness (QED) is 0.816. The Bertz CT molecular complexity index is 658. The van der Waals surface area contributed by atoms with Crippen molar-refractivity contribution in [3.63, 3.8) is 0 Å². The van der Waals surface area contributed by atoms with Crippen LogP contribution < -0.4 is 5.32 Å². The average Bonchev–Trinajstić information content (AvgIpc) is 3.24. The van der Waals surface area contributed by atoms with Gasteiger partial charge in [-0.15, -0.1) is 0 Å². The van der Waals surface area contributed by atoms with Gasteiger partial charge in [-0.3, -0.25) is 14.5 Å². The molecule has 0 spiro atoms. The van der Waals surface area contributed by atoms with Crippen molar-refractivity contribution in [2.45, 2.75) is 45.1 Å². The maximum absolute atomic E-state index is 13.3. The molecule has 1 amide bonds. The molecule has 2 unspecified atom stereocenters. The first-order valence-electron chi connectivity index (χ1n) is 9.38. The summed E-state index contributed by atoms with van der Waals surface area (Å²) in [5, 5.41) is 12.5. The van der Waals surface area contributed by atoms with Crippen molar-refractivity contribution >= 4 is 11.9 Å². The van der Waals surface area contributed by atoms with Crippen LogP contribution in [-0.4, -0.2) is 41.5 Å². The van der Waals surface area contributed by atoms with E-state index in [1.807, 2.05) is 4.90 Å². The molecule has 1 aromatic carbocycles. The highest BCUT2D eigenvalue weighted by molar-refractivity contribution is 5.79. The smallest absolute Gasteiger partial charge is 0.310 e. The van der Waals surface area contributed by atoms with E-state index in [0.29, 0.717) is 25.4 Å². The first kappa shape index (κ1) is 18.8. The summed E-state index contributed by atoms with van der Waals surface area (Å²) in [7, 11) is 0. The van der Waals surface area contributed by atoms with Crippen molar-refractivity contribution in [1.29, 1.82) is 0 Å².